The maximum Gasteiger partial charge on any atom is 0.00772 e. The number of hydrogen-bond donors (Lipinski definition) is 5. The van der Waals surface area contributed by atoms with Crippen molar-refractivity contribution < 1.29 is 0 Å². The van der Waals surface area contributed by atoms with E-state index in [0.29, 0.717) is 13.1 Å². The van der Waals surface area contributed by atoms with Crippen LogP contribution in [-0.2, 0) is 0 Å². The van der Waals surface area contributed by atoms with Gasteiger partial charge in [0, 0.05) is 52.4 Å². The van der Waals surface area contributed by atoms with Gasteiger partial charge in [0.25, 0.3) is 0 Å². The number of halogens is 4. The highest BCUT2D eigenvalue weighted by Crippen LogP contribution is 1.60. The van der Waals surface area contributed by atoms with Crippen LogP contribution in [0.5, 0.6) is 0 Å². The fraction of sp³-hybridized carbons (Fsp3) is 1.00. The van der Waals surface area contributed by atoms with Gasteiger partial charge in [-0.25, -0.2) is 0 Å². The molecule has 0 atom stereocenters. The lowest BCUT2D eigenvalue weighted by Gasteiger charge is -2.06. The second-order valence-electron chi connectivity index (χ2n) is 2.83. The van der Waals surface area contributed by atoms with Gasteiger partial charge >= 0.3 is 0 Å². The van der Waals surface area contributed by atoms with Crippen LogP contribution in [0, 0.1) is 0 Å². The second kappa shape index (κ2) is 30.2. The van der Waals surface area contributed by atoms with E-state index in [-0.39, 0.29) is 49.6 Å². The maximum absolute atomic E-state index is 5.32. The lowest BCUT2D eigenvalue weighted by molar-refractivity contribution is 0.586. The van der Waals surface area contributed by atoms with Gasteiger partial charge in [-0.1, -0.05) is 0 Å². The van der Waals surface area contributed by atoms with Crippen molar-refractivity contribution in [3.8, 4) is 0 Å². The zero-order valence-corrected chi connectivity index (χ0v) is 13.2. The van der Waals surface area contributed by atoms with E-state index in [9.17, 15) is 0 Å². The van der Waals surface area contributed by atoms with E-state index < -0.39 is 0 Å². The maximum atomic E-state index is 5.32. The van der Waals surface area contributed by atoms with Crippen LogP contribution in [0.1, 0.15) is 0 Å². The molecule has 0 aromatic carbocycles. The Morgan fingerprint density at radius 1 is 0.471 bits per heavy atom. The van der Waals surface area contributed by atoms with Crippen molar-refractivity contribution in [3.05, 3.63) is 0 Å². The van der Waals surface area contributed by atoms with Crippen molar-refractivity contribution in [2.45, 2.75) is 0 Å². The average molecular weight is 335 g/mol. The predicted molar refractivity (Wildman–Crippen MR) is 85.7 cm³/mol. The third-order valence-electron chi connectivity index (χ3n) is 1.60. The topological polar surface area (TPSA) is 88.1 Å². The summed E-state index contributed by atoms with van der Waals surface area (Å²) in [6, 6.07) is 0. The first-order valence-electron chi connectivity index (χ1n) is 4.94. The smallest absolute Gasteiger partial charge is 0.00772 e. The van der Waals surface area contributed by atoms with Crippen LogP contribution < -0.4 is 27.4 Å². The molecule has 7 N–H and O–H groups in total. The Morgan fingerprint density at radius 3 is 0.941 bits per heavy atom. The summed E-state index contributed by atoms with van der Waals surface area (Å²) in [5.74, 6) is 0. The summed E-state index contributed by atoms with van der Waals surface area (Å²) in [4.78, 5) is 0. The van der Waals surface area contributed by atoms with Crippen LogP contribution in [0.3, 0.4) is 0 Å². The summed E-state index contributed by atoms with van der Waals surface area (Å²) < 4.78 is 0. The minimum Gasteiger partial charge on any atom is -0.329 e. The second-order valence-corrected chi connectivity index (χ2v) is 2.83. The van der Waals surface area contributed by atoms with Crippen LogP contribution in [-0.4, -0.2) is 52.4 Å². The Balaban J connectivity index is -0.000000120. The Labute approximate surface area is 129 Å². The van der Waals surface area contributed by atoms with Crippen molar-refractivity contribution >= 4 is 49.6 Å². The van der Waals surface area contributed by atoms with Gasteiger partial charge < -0.3 is 27.4 Å². The third kappa shape index (κ3) is 31.6. The molecule has 0 aliphatic carbocycles. The predicted octanol–water partition coefficient (Wildman–Crippen LogP) is -0.640. The van der Waals surface area contributed by atoms with Crippen LogP contribution in [0.25, 0.3) is 0 Å². The van der Waals surface area contributed by atoms with Crippen LogP contribution in [0.15, 0.2) is 0 Å². The number of nitrogens with one attached hydrogen (secondary N) is 3. The van der Waals surface area contributed by atoms with Gasteiger partial charge in [-0.15, -0.1) is 49.6 Å². The fourth-order valence-electron chi connectivity index (χ4n) is 0.933. The van der Waals surface area contributed by atoms with E-state index in [1.807, 2.05) is 0 Å². The minimum atomic E-state index is 0. The normalized spacial score (nSPS) is 8.12. The van der Waals surface area contributed by atoms with E-state index >= 15 is 0 Å². The first-order valence-corrected chi connectivity index (χ1v) is 4.94. The number of nitrogens with two attached hydrogens (primary N) is 2. The molecule has 112 valence electrons. The standard InChI is InChI=1S/C8H23N5.4ClH/c9-1-3-11-5-7-13-8-6-12-4-2-10;;;;/h11-13H,1-10H2;4*1H. The molecule has 0 spiro atoms. The molecule has 0 aliphatic heterocycles. The molecule has 0 saturated carbocycles. The lowest BCUT2D eigenvalue weighted by atomic mass is 10.5. The van der Waals surface area contributed by atoms with E-state index in [2.05, 4.69) is 16.0 Å². The van der Waals surface area contributed by atoms with Crippen molar-refractivity contribution in [1.82, 2.24) is 16.0 Å². The summed E-state index contributed by atoms with van der Waals surface area (Å²) >= 11 is 0. The van der Waals surface area contributed by atoms with Gasteiger partial charge in [0.2, 0.25) is 0 Å². The largest absolute Gasteiger partial charge is 0.329 e. The van der Waals surface area contributed by atoms with Crippen molar-refractivity contribution in [1.29, 1.82) is 0 Å². The van der Waals surface area contributed by atoms with Gasteiger partial charge in [0.15, 0.2) is 0 Å². The first-order chi connectivity index (χ1) is 6.41. The van der Waals surface area contributed by atoms with Gasteiger partial charge in [-0.05, 0) is 0 Å². The van der Waals surface area contributed by atoms with Crippen molar-refractivity contribution in [3.63, 3.8) is 0 Å². The quantitative estimate of drug-likeness (QED) is 0.343. The molecule has 5 nitrogen and oxygen atoms in total. The Bertz CT molecular complexity index is 92.0. The lowest BCUT2D eigenvalue weighted by Crippen LogP contribution is -2.35. The molecule has 0 rings (SSSR count). The highest BCUT2D eigenvalue weighted by atomic mass is 35.5. The van der Waals surface area contributed by atoms with Gasteiger partial charge in [-0.2, -0.15) is 0 Å². The van der Waals surface area contributed by atoms with Crippen LogP contribution >= 0.6 is 49.6 Å². The Hall–Kier alpha value is 0.960. The molecule has 0 aliphatic rings. The summed E-state index contributed by atoms with van der Waals surface area (Å²) in [6.45, 7) is 7.15. The summed E-state index contributed by atoms with van der Waals surface area (Å²) in [5.41, 5.74) is 10.6. The summed E-state index contributed by atoms with van der Waals surface area (Å²) in [5, 5.41) is 9.71. The zero-order chi connectivity index (χ0) is 9.78. The van der Waals surface area contributed by atoms with Gasteiger partial charge in [0.1, 0.15) is 0 Å². The van der Waals surface area contributed by atoms with E-state index in [1.54, 1.807) is 0 Å². The molecule has 17 heavy (non-hydrogen) atoms. The van der Waals surface area contributed by atoms with E-state index in [0.717, 1.165) is 39.3 Å². The van der Waals surface area contributed by atoms with Crippen molar-refractivity contribution in [2.75, 3.05) is 52.4 Å². The van der Waals surface area contributed by atoms with Crippen LogP contribution in [0.2, 0.25) is 0 Å². The Morgan fingerprint density at radius 2 is 0.706 bits per heavy atom. The van der Waals surface area contributed by atoms with E-state index in [4.69, 9.17) is 11.5 Å². The minimum absolute atomic E-state index is 0. The average Bonchev–Trinajstić information content (AvgIpc) is 2.16. The highest BCUT2D eigenvalue weighted by molar-refractivity contribution is 5.86. The van der Waals surface area contributed by atoms with E-state index in [1.165, 1.54) is 0 Å². The van der Waals surface area contributed by atoms with Gasteiger partial charge in [0.05, 0.1) is 0 Å². The molecule has 0 fully saturated rings. The third-order valence-corrected chi connectivity index (χ3v) is 1.60. The molecule has 0 amide bonds. The Kier molecular flexibility index (Phi) is 54.6. The molecule has 0 unspecified atom stereocenters. The van der Waals surface area contributed by atoms with Crippen LogP contribution in [0.4, 0.5) is 0 Å². The van der Waals surface area contributed by atoms with Gasteiger partial charge in [-0.3, -0.25) is 0 Å². The monoisotopic (exact) mass is 333 g/mol. The number of hydrogen-bond acceptors (Lipinski definition) is 5. The molecule has 9 heteroatoms. The molecular weight excluding hydrogens is 308 g/mol. The molecule has 0 aromatic rings. The summed E-state index contributed by atoms with van der Waals surface area (Å²) in [6.07, 6.45) is 0. The number of rotatable bonds is 10. The van der Waals surface area contributed by atoms with Crippen molar-refractivity contribution in [2.24, 2.45) is 11.5 Å². The SMILES string of the molecule is Cl.Cl.Cl.Cl.NCCNCCNCCNCCN. The first kappa shape index (κ1) is 30.8. The molecule has 0 heterocycles. The fourth-order valence-corrected chi connectivity index (χ4v) is 0.933. The zero-order valence-electron chi connectivity index (χ0n) is 9.94. The molecule has 0 saturated heterocycles. The summed E-state index contributed by atoms with van der Waals surface area (Å²) in [7, 11) is 0. The molecule has 0 radical (unpaired) electrons. The highest BCUT2D eigenvalue weighted by Gasteiger charge is 1.87. The molecule has 0 bridgehead atoms. The molecular formula is C8H27Cl4N5. The molecule has 0 aromatic heterocycles.